The van der Waals surface area contributed by atoms with Gasteiger partial charge in [-0.2, -0.15) is 0 Å². The Hall–Kier alpha value is -2.74. The van der Waals surface area contributed by atoms with Gasteiger partial charge in [0.2, 0.25) is 5.54 Å². The molecule has 1 atom stereocenters. The maximum Gasteiger partial charge on any atom is 0.368 e. The van der Waals surface area contributed by atoms with Gasteiger partial charge in [0.15, 0.2) is 0 Å². The van der Waals surface area contributed by atoms with E-state index in [1.807, 2.05) is 0 Å². The summed E-state index contributed by atoms with van der Waals surface area (Å²) in [5.41, 5.74) is 2.97. The molecule has 1 aliphatic rings. The average molecular weight is 348 g/mol. The second-order valence-electron chi connectivity index (χ2n) is 6.64. The molecule has 1 saturated heterocycles. The van der Waals surface area contributed by atoms with Gasteiger partial charge in [0, 0.05) is 12.8 Å². The van der Waals surface area contributed by atoms with Crippen LogP contribution in [0, 0.1) is 0 Å². The number of esters is 1. The molecule has 1 heterocycles. The highest BCUT2D eigenvalue weighted by Gasteiger charge is 2.51. The number of hydrogen-bond acceptors (Lipinski definition) is 7. The highest BCUT2D eigenvalue weighted by molar-refractivity contribution is 6.07. The van der Waals surface area contributed by atoms with Crippen molar-refractivity contribution in [1.29, 1.82) is 0 Å². The lowest BCUT2D eigenvalue weighted by Crippen LogP contribution is -2.56. The lowest BCUT2D eigenvalue weighted by molar-refractivity contribution is -0.205. The molecule has 134 valence electrons. The Bertz CT molecular complexity index is 694. The van der Waals surface area contributed by atoms with Crippen molar-refractivity contribution in [2.75, 3.05) is 0 Å². The maximum atomic E-state index is 12.6. The van der Waals surface area contributed by atoms with Crippen LogP contribution < -0.4 is 5.73 Å². The summed E-state index contributed by atoms with van der Waals surface area (Å²) in [6.45, 7) is 4.86. The highest BCUT2D eigenvalue weighted by Crippen LogP contribution is 2.26. The first-order valence-electron chi connectivity index (χ1n) is 7.72. The van der Waals surface area contributed by atoms with E-state index in [1.165, 1.54) is 12.1 Å². The first kappa shape index (κ1) is 18.6. The molecule has 25 heavy (non-hydrogen) atoms. The van der Waals surface area contributed by atoms with E-state index in [2.05, 4.69) is 0 Å². The molecule has 1 aromatic carbocycles. The fraction of sp³-hybridized carbons (Fsp3) is 0.412. The van der Waals surface area contributed by atoms with Crippen LogP contribution in [0.1, 0.15) is 39.2 Å². The van der Waals surface area contributed by atoms with Gasteiger partial charge in [-0.3, -0.25) is 9.59 Å². The fourth-order valence-corrected chi connectivity index (χ4v) is 2.19. The molecule has 0 saturated carbocycles. The summed E-state index contributed by atoms with van der Waals surface area (Å²) in [5, 5.41) is 0.344. The maximum absolute atomic E-state index is 12.6. The molecule has 2 N–H and O–H groups in total. The number of benzene rings is 1. The van der Waals surface area contributed by atoms with Crippen molar-refractivity contribution in [3.8, 4) is 0 Å². The number of rotatable bonds is 4. The van der Waals surface area contributed by atoms with Crippen LogP contribution >= 0.6 is 0 Å². The molecular weight excluding hydrogens is 328 g/mol. The first-order valence-corrected chi connectivity index (χ1v) is 7.72. The van der Waals surface area contributed by atoms with E-state index < -0.39 is 34.9 Å². The lowest BCUT2D eigenvalue weighted by atomic mass is 9.91. The van der Waals surface area contributed by atoms with E-state index in [1.54, 1.807) is 39.0 Å². The molecule has 0 spiro atoms. The van der Waals surface area contributed by atoms with Gasteiger partial charge in [0.1, 0.15) is 5.60 Å². The molecule has 1 unspecified atom stereocenters. The van der Waals surface area contributed by atoms with E-state index in [9.17, 15) is 19.2 Å². The van der Waals surface area contributed by atoms with Gasteiger partial charge in [-0.25, -0.2) is 9.59 Å². The Kier molecular flexibility index (Phi) is 4.94. The number of ether oxygens (including phenoxy) is 1. The van der Waals surface area contributed by atoms with Crippen molar-refractivity contribution < 1.29 is 28.8 Å². The summed E-state index contributed by atoms with van der Waals surface area (Å²) >= 11 is 0. The zero-order valence-corrected chi connectivity index (χ0v) is 14.3. The predicted molar refractivity (Wildman–Crippen MR) is 85.3 cm³/mol. The quantitative estimate of drug-likeness (QED) is 0.486. The molecule has 0 bridgehead atoms. The highest BCUT2D eigenvalue weighted by atomic mass is 16.7. The van der Waals surface area contributed by atoms with Gasteiger partial charge in [0.25, 0.3) is 11.8 Å². The van der Waals surface area contributed by atoms with Gasteiger partial charge < -0.3 is 15.3 Å². The molecule has 0 aromatic heterocycles. The van der Waals surface area contributed by atoms with Gasteiger partial charge in [-0.05, 0) is 26.3 Å². The van der Waals surface area contributed by atoms with Crippen molar-refractivity contribution in [1.82, 2.24) is 5.06 Å². The normalized spacial score (nSPS) is 17.2. The van der Waals surface area contributed by atoms with Crippen LogP contribution in [-0.4, -0.2) is 34.4 Å². The second-order valence-corrected chi connectivity index (χ2v) is 6.64. The van der Waals surface area contributed by atoms with Crippen molar-refractivity contribution in [2.24, 2.45) is 5.73 Å². The van der Waals surface area contributed by atoms with Gasteiger partial charge >= 0.3 is 11.9 Å². The predicted octanol–water partition coefficient (Wildman–Crippen LogP) is 0.790. The standard InChI is InChI=1S/C17H20N2O6/c1-16(2,3)24-14(22)17(18,11-7-5-4-6-8-11)15(23)25-19-12(20)9-10-13(19)21/h4-8H,9-10,18H2,1-3H3. The summed E-state index contributed by atoms with van der Waals surface area (Å²) in [4.78, 5) is 53.4. The molecule has 2 amide bonds. The van der Waals surface area contributed by atoms with Crippen LogP contribution in [0.4, 0.5) is 0 Å². The molecule has 1 aliphatic heterocycles. The van der Waals surface area contributed by atoms with Crippen LogP contribution in [0.25, 0.3) is 0 Å². The topological polar surface area (TPSA) is 116 Å². The summed E-state index contributed by atoms with van der Waals surface area (Å²) in [6.07, 6.45) is -0.136. The third kappa shape index (κ3) is 3.85. The Morgan fingerprint density at radius 3 is 2.00 bits per heavy atom. The van der Waals surface area contributed by atoms with Crippen molar-refractivity contribution in [2.45, 2.75) is 44.8 Å². The largest absolute Gasteiger partial charge is 0.458 e. The summed E-state index contributed by atoms with van der Waals surface area (Å²) in [7, 11) is 0. The van der Waals surface area contributed by atoms with E-state index in [-0.39, 0.29) is 18.4 Å². The number of nitrogens with zero attached hydrogens (tertiary/aromatic N) is 1. The molecule has 8 nitrogen and oxygen atoms in total. The number of hydroxylamine groups is 2. The van der Waals surface area contributed by atoms with Gasteiger partial charge in [0.05, 0.1) is 0 Å². The molecule has 2 rings (SSSR count). The van der Waals surface area contributed by atoms with E-state index in [0.717, 1.165) is 0 Å². The van der Waals surface area contributed by atoms with Gasteiger partial charge in [-0.15, -0.1) is 5.06 Å². The van der Waals surface area contributed by atoms with Crippen molar-refractivity contribution >= 4 is 23.8 Å². The van der Waals surface area contributed by atoms with E-state index in [4.69, 9.17) is 15.3 Å². The number of amides is 2. The summed E-state index contributed by atoms with van der Waals surface area (Å²) < 4.78 is 5.24. The Balaban J connectivity index is 2.37. The summed E-state index contributed by atoms with van der Waals surface area (Å²) in [5.74, 6) is -3.65. The lowest BCUT2D eigenvalue weighted by Gasteiger charge is -2.30. The second kappa shape index (κ2) is 6.64. The van der Waals surface area contributed by atoms with Crippen LogP contribution in [-0.2, 0) is 34.3 Å². The molecular formula is C17H20N2O6. The van der Waals surface area contributed by atoms with Crippen molar-refractivity contribution in [3.63, 3.8) is 0 Å². The Morgan fingerprint density at radius 2 is 1.52 bits per heavy atom. The molecule has 0 radical (unpaired) electrons. The number of hydrogen-bond donors (Lipinski definition) is 1. The molecule has 8 heteroatoms. The third-order valence-electron chi connectivity index (χ3n) is 3.45. The minimum atomic E-state index is -2.32. The number of carbonyl (C=O) groups is 4. The fourth-order valence-electron chi connectivity index (χ4n) is 2.19. The molecule has 1 fully saturated rings. The smallest absolute Gasteiger partial charge is 0.368 e. The molecule has 0 aliphatic carbocycles. The van der Waals surface area contributed by atoms with E-state index in [0.29, 0.717) is 5.06 Å². The van der Waals surface area contributed by atoms with Crippen LogP contribution in [0.2, 0.25) is 0 Å². The summed E-state index contributed by atoms with van der Waals surface area (Å²) in [6, 6.07) is 7.76. The van der Waals surface area contributed by atoms with E-state index >= 15 is 0 Å². The first-order chi connectivity index (χ1) is 11.6. The van der Waals surface area contributed by atoms with Crippen LogP contribution in [0.15, 0.2) is 30.3 Å². The zero-order valence-electron chi connectivity index (χ0n) is 14.3. The average Bonchev–Trinajstić information content (AvgIpc) is 2.85. The third-order valence-corrected chi connectivity index (χ3v) is 3.45. The Labute approximate surface area is 144 Å². The SMILES string of the molecule is CC(C)(C)OC(=O)C(N)(C(=O)ON1C(=O)CCC1=O)c1ccccc1. The van der Waals surface area contributed by atoms with Gasteiger partial charge in [-0.1, -0.05) is 30.3 Å². The minimum absolute atomic E-state index is 0.0680. The minimum Gasteiger partial charge on any atom is -0.458 e. The Morgan fingerprint density at radius 1 is 1.00 bits per heavy atom. The van der Waals surface area contributed by atoms with Crippen LogP contribution in [0.5, 0.6) is 0 Å². The monoisotopic (exact) mass is 348 g/mol. The number of carbonyl (C=O) groups excluding carboxylic acids is 4. The molecule has 1 aromatic rings. The van der Waals surface area contributed by atoms with Crippen LogP contribution in [0.3, 0.4) is 0 Å². The zero-order chi connectivity index (χ0) is 18.8. The number of imide groups is 1. The number of nitrogens with two attached hydrogens (primary N) is 1. The van der Waals surface area contributed by atoms with Crippen molar-refractivity contribution in [3.05, 3.63) is 35.9 Å².